The van der Waals surface area contributed by atoms with Gasteiger partial charge in [0, 0.05) is 19.3 Å². The second-order valence-corrected chi connectivity index (χ2v) is 9.39. The highest BCUT2D eigenvalue weighted by atomic mass is 79.9. The zero-order valence-corrected chi connectivity index (χ0v) is 18.6. The maximum atomic E-state index is 13.1. The molecule has 0 aliphatic heterocycles. The van der Waals surface area contributed by atoms with Crippen LogP contribution in [0.5, 0.6) is 0 Å². The lowest BCUT2D eigenvalue weighted by atomic mass is 10.1. The predicted octanol–water partition coefficient (Wildman–Crippen LogP) is 5.34. The van der Waals surface area contributed by atoms with Crippen LogP contribution < -0.4 is 5.56 Å². The number of aromatic nitrogens is 2. The summed E-state index contributed by atoms with van der Waals surface area (Å²) >= 11 is 9.67. The Labute approximate surface area is 183 Å². The highest BCUT2D eigenvalue weighted by molar-refractivity contribution is 9.10. The van der Waals surface area contributed by atoms with Crippen LogP contribution in [0.25, 0.3) is 10.9 Å². The summed E-state index contributed by atoms with van der Waals surface area (Å²) in [5.41, 5.74) is 2.15. The summed E-state index contributed by atoms with van der Waals surface area (Å²) in [5, 5.41) is 1.06. The Morgan fingerprint density at radius 3 is 2.62 bits per heavy atom. The first-order valence-electron chi connectivity index (χ1n) is 8.84. The van der Waals surface area contributed by atoms with E-state index in [2.05, 4.69) is 20.9 Å². The van der Waals surface area contributed by atoms with Gasteiger partial charge in [-0.1, -0.05) is 29.8 Å². The molecule has 0 aliphatic carbocycles. The van der Waals surface area contributed by atoms with Crippen molar-refractivity contribution in [1.29, 1.82) is 0 Å². The van der Waals surface area contributed by atoms with Crippen LogP contribution in [-0.2, 0) is 17.3 Å². The van der Waals surface area contributed by atoms with E-state index in [0.717, 1.165) is 15.6 Å². The molecule has 1 atom stereocenters. The lowest BCUT2D eigenvalue weighted by Crippen LogP contribution is -2.22. The van der Waals surface area contributed by atoms with Crippen LogP contribution in [0.4, 0.5) is 0 Å². The SMILES string of the molecule is Cc1cc(Br)c2ncn(Cc3cc(Cl)ccc3S(=O)c3ccccc3)c(=O)c2c1. The van der Waals surface area contributed by atoms with Crippen molar-refractivity contribution in [2.45, 2.75) is 23.3 Å². The molecule has 0 bridgehead atoms. The van der Waals surface area contributed by atoms with Gasteiger partial charge in [0.2, 0.25) is 0 Å². The molecule has 4 rings (SSSR count). The maximum absolute atomic E-state index is 13.1. The largest absolute Gasteiger partial charge is 0.294 e. The van der Waals surface area contributed by atoms with E-state index in [1.807, 2.05) is 49.4 Å². The van der Waals surface area contributed by atoms with Crippen LogP contribution in [0.15, 0.2) is 86.0 Å². The number of rotatable bonds is 4. The lowest BCUT2D eigenvalue weighted by molar-refractivity contribution is 0.679. The molecule has 0 amide bonds. The first-order valence-corrected chi connectivity index (χ1v) is 11.2. The number of hydrogen-bond donors (Lipinski definition) is 0. The molecule has 3 aromatic carbocycles. The average molecular weight is 488 g/mol. The van der Waals surface area contributed by atoms with Crippen molar-refractivity contribution in [2.75, 3.05) is 0 Å². The Hall–Kier alpha value is -2.28. The minimum atomic E-state index is -1.38. The van der Waals surface area contributed by atoms with E-state index < -0.39 is 10.8 Å². The molecule has 0 radical (unpaired) electrons. The van der Waals surface area contributed by atoms with Gasteiger partial charge in [0.1, 0.15) is 0 Å². The number of hydrogen-bond acceptors (Lipinski definition) is 3. The number of halogens is 2. The molecule has 4 aromatic rings. The second-order valence-electron chi connectivity index (χ2n) is 6.65. The molecule has 0 saturated heterocycles. The van der Waals surface area contributed by atoms with Gasteiger partial charge in [-0.3, -0.25) is 9.36 Å². The molecule has 29 heavy (non-hydrogen) atoms. The van der Waals surface area contributed by atoms with Crippen LogP contribution in [0.3, 0.4) is 0 Å². The van der Waals surface area contributed by atoms with Gasteiger partial charge in [-0.25, -0.2) is 9.19 Å². The first-order chi connectivity index (χ1) is 13.9. The van der Waals surface area contributed by atoms with Crippen LogP contribution in [0, 0.1) is 6.92 Å². The van der Waals surface area contributed by atoms with Crippen LogP contribution >= 0.6 is 27.5 Å². The van der Waals surface area contributed by atoms with E-state index >= 15 is 0 Å². The standard InChI is InChI=1S/C22H16BrClN2O2S/c1-14-9-18-21(19(23)10-14)25-13-26(22(18)27)12-15-11-16(24)7-8-20(15)29(28)17-5-3-2-4-6-17/h2-11,13H,12H2,1H3. The quantitative estimate of drug-likeness (QED) is 0.391. The summed E-state index contributed by atoms with van der Waals surface area (Å²) in [4.78, 5) is 18.8. The van der Waals surface area contributed by atoms with Gasteiger partial charge in [0.15, 0.2) is 0 Å². The molecule has 1 heterocycles. The molecule has 0 aliphatic rings. The van der Waals surface area contributed by atoms with E-state index in [1.165, 1.54) is 10.9 Å². The normalized spacial score (nSPS) is 12.2. The Balaban J connectivity index is 1.81. The zero-order chi connectivity index (χ0) is 20.5. The van der Waals surface area contributed by atoms with Crippen molar-refractivity contribution in [1.82, 2.24) is 9.55 Å². The summed E-state index contributed by atoms with van der Waals surface area (Å²) in [6, 6.07) is 18.2. The van der Waals surface area contributed by atoms with Crippen LogP contribution in [0.2, 0.25) is 5.02 Å². The number of fused-ring (bicyclic) bond motifs is 1. The first kappa shape index (κ1) is 20.0. The number of aryl methyl sites for hydroxylation is 1. The van der Waals surface area contributed by atoms with Gasteiger partial charge in [-0.15, -0.1) is 0 Å². The molecule has 7 heteroatoms. The van der Waals surface area contributed by atoms with Crippen LogP contribution in [-0.4, -0.2) is 13.8 Å². The van der Waals surface area contributed by atoms with Crippen molar-refractivity contribution in [3.05, 3.63) is 98.0 Å². The van der Waals surface area contributed by atoms with Crippen molar-refractivity contribution in [3.8, 4) is 0 Å². The van der Waals surface area contributed by atoms with Gasteiger partial charge < -0.3 is 0 Å². The van der Waals surface area contributed by atoms with E-state index in [1.54, 1.807) is 18.2 Å². The highest BCUT2D eigenvalue weighted by Gasteiger charge is 2.15. The molecule has 1 unspecified atom stereocenters. The van der Waals surface area contributed by atoms with Gasteiger partial charge >= 0.3 is 0 Å². The third-order valence-electron chi connectivity index (χ3n) is 4.55. The number of nitrogens with zero attached hydrogens (tertiary/aromatic N) is 2. The monoisotopic (exact) mass is 486 g/mol. The predicted molar refractivity (Wildman–Crippen MR) is 120 cm³/mol. The third-order valence-corrected chi connectivity index (χ3v) is 6.88. The van der Waals surface area contributed by atoms with Crippen molar-refractivity contribution in [3.63, 3.8) is 0 Å². The van der Waals surface area contributed by atoms with Crippen molar-refractivity contribution in [2.24, 2.45) is 0 Å². The molecule has 0 fully saturated rings. The fourth-order valence-corrected chi connectivity index (χ4v) is 5.27. The minimum Gasteiger partial charge on any atom is -0.294 e. The second kappa shape index (κ2) is 8.22. The molecule has 0 N–H and O–H groups in total. The molecule has 0 saturated carbocycles. The van der Waals surface area contributed by atoms with E-state index in [-0.39, 0.29) is 12.1 Å². The fraction of sp³-hybridized carbons (Fsp3) is 0.0909. The summed E-state index contributed by atoms with van der Waals surface area (Å²) in [6.07, 6.45) is 1.51. The maximum Gasteiger partial charge on any atom is 0.261 e. The average Bonchev–Trinajstić information content (AvgIpc) is 2.71. The van der Waals surface area contributed by atoms with E-state index in [9.17, 15) is 9.00 Å². The molecule has 146 valence electrons. The summed E-state index contributed by atoms with van der Waals surface area (Å²) < 4.78 is 15.4. The van der Waals surface area contributed by atoms with Gasteiger partial charge in [0.05, 0.1) is 34.6 Å². The van der Waals surface area contributed by atoms with Gasteiger partial charge in [-0.2, -0.15) is 0 Å². The Morgan fingerprint density at radius 1 is 1.10 bits per heavy atom. The molecule has 4 nitrogen and oxygen atoms in total. The van der Waals surface area contributed by atoms with Crippen molar-refractivity contribution < 1.29 is 4.21 Å². The zero-order valence-electron chi connectivity index (χ0n) is 15.4. The molecular formula is C22H16BrClN2O2S. The van der Waals surface area contributed by atoms with Gasteiger partial charge in [-0.05, 0) is 76.4 Å². The third kappa shape index (κ3) is 4.06. The van der Waals surface area contributed by atoms with Crippen molar-refractivity contribution >= 4 is 49.2 Å². The highest BCUT2D eigenvalue weighted by Crippen LogP contribution is 2.25. The van der Waals surface area contributed by atoms with E-state index in [0.29, 0.717) is 25.7 Å². The summed E-state index contributed by atoms with van der Waals surface area (Å²) in [6.45, 7) is 2.15. The Morgan fingerprint density at radius 2 is 1.86 bits per heavy atom. The minimum absolute atomic E-state index is 0.157. The fourth-order valence-electron chi connectivity index (χ4n) is 3.18. The smallest absolute Gasteiger partial charge is 0.261 e. The van der Waals surface area contributed by atoms with Crippen LogP contribution in [0.1, 0.15) is 11.1 Å². The summed E-state index contributed by atoms with van der Waals surface area (Å²) in [7, 11) is -1.38. The molecule has 1 aromatic heterocycles. The van der Waals surface area contributed by atoms with E-state index in [4.69, 9.17) is 11.6 Å². The summed E-state index contributed by atoms with van der Waals surface area (Å²) in [5.74, 6) is 0. The topological polar surface area (TPSA) is 52.0 Å². The number of benzene rings is 3. The molecular weight excluding hydrogens is 472 g/mol. The van der Waals surface area contributed by atoms with Gasteiger partial charge in [0.25, 0.3) is 5.56 Å². The lowest BCUT2D eigenvalue weighted by Gasteiger charge is -2.13. The Bertz CT molecular complexity index is 1310. The molecule has 0 spiro atoms. The Kier molecular flexibility index (Phi) is 5.67.